The second-order valence-electron chi connectivity index (χ2n) is 7.11. The van der Waals surface area contributed by atoms with Gasteiger partial charge < -0.3 is 10.7 Å². The number of hydrogen-bond acceptors (Lipinski definition) is 3. The topological polar surface area (TPSA) is 68.0 Å². The van der Waals surface area contributed by atoms with Crippen LogP contribution in [0.4, 0.5) is 5.82 Å². The van der Waals surface area contributed by atoms with Crippen molar-refractivity contribution in [2.75, 3.05) is 5.73 Å². The minimum absolute atomic E-state index is 0.0472. The Morgan fingerprint density at radius 2 is 1.68 bits per heavy atom. The first-order valence-electron chi connectivity index (χ1n) is 6.54. The van der Waals surface area contributed by atoms with Gasteiger partial charge in [-0.25, -0.2) is 4.98 Å². The third kappa shape index (κ3) is 4.35. The number of nitrogens with zero attached hydrogens (tertiary/aromatic N) is 1. The molecule has 3 N–H and O–H groups in total. The number of carbonyl (C=O) groups is 1. The molecule has 1 aromatic rings. The highest BCUT2D eigenvalue weighted by molar-refractivity contribution is 6.65. The Balaban J connectivity index is 2.92. The first-order valence-corrected chi connectivity index (χ1v) is 8.27. The van der Waals surface area contributed by atoms with E-state index in [2.05, 4.69) is 51.5 Å². The van der Waals surface area contributed by atoms with Crippen LogP contribution < -0.4 is 10.7 Å². The number of carbonyl (C=O) groups excluding carboxylic acids is 1. The molecule has 1 heterocycles. The van der Waals surface area contributed by atoms with E-state index in [0.717, 1.165) is 0 Å². The Morgan fingerprint density at radius 3 is 2.05 bits per heavy atom. The molecule has 5 heteroatoms. The summed E-state index contributed by atoms with van der Waals surface area (Å²) in [5, 5.41) is 0.240. The van der Waals surface area contributed by atoms with Gasteiger partial charge in [0.1, 0.15) is 5.82 Å². The fourth-order valence-electron chi connectivity index (χ4n) is 2.49. The molecule has 0 atom stereocenters. The van der Waals surface area contributed by atoms with Gasteiger partial charge in [0, 0.05) is 6.20 Å². The number of anilines is 1. The summed E-state index contributed by atoms with van der Waals surface area (Å²) in [7, 11) is -1.51. The first-order chi connectivity index (χ1) is 8.51. The summed E-state index contributed by atoms with van der Waals surface area (Å²) in [5.41, 5.74) is 6.10. The molecule has 0 bridgehead atoms. The molecule has 0 aliphatic rings. The van der Waals surface area contributed by atoms with Gasteiger partial charge in [0.15, 0.2) is 8.96 Å². The summed E-state index contributed by atoms with van der Waals surface area (Å²) in [6.07, 6.45) is 1.53. The van der Waals surface area contributed by atoms with Gasteiger partial charge in [0.25, 0.3) is 0 Å². The van der Waals surface area contributed by atoms with Crippen LogP contribution in [0.15, 0.2) is 18.3 Å². The lowest BCUT2D eigenvalue weighted by Crippen LogP contribution is -2.51. The molecular formula is C14H25N3OSi. The average Bonchev–Trinajstić information content (AvgIpc) is 2.23. The maximum atomic E-state index is 12.3. The van der Waals surface area contributed by atoms with Crippen molar-refractivity contribution in [2.24, 2.45) is 0 Å². The number of nitrogen functional groups attached to an aromatic ring is 1. The van der Waals surface area contributed by atoms with Gasteiger partial charge in [0.05, 0.1) is 5.56 Å². The molecule has 0 saturated heterocycles. The van der Waals surface area contributed by atoms with Crippen LogP contribution in [-0.2, 0) is 0 Å². The van der Waals surface area contributed by atoms with E-state index in [1.807, 2.05) is 0 Å². The van der Waals surface area contributed by atoms with Crippen molar-refractivity contribution in [3.63, 3.8) is 0 Å². The number of amides is 1. The zero-order valence-electron chi connectivity index (χ0n) is 12.7. The summed E-state index contributed by atoms with van der Waals surface area (Å²) in [6, 6.07) is 3.37. The number of hydrogen-bond donors (Lipinski definition) is 2. The second kappa shape index (κ2) is 5.33. The van der Waals surface area contributed by atoms with Gasteiger partial charge >= 0.3 is 0 Å². The molecule has 1 amide bonds. The molecule has 0 fully saturated rings. The number of aromatic nitrogens is 1. The van der Waals surface area contributed by atoms with Crippen LogP contribution in [0.3, 0.4) is 0 Å². The SMILES string of the molecule is CC(C)(C)[SiH](NC(=O)c1ccc(N)nc1)C(C)(C)C. The monoisotopic (exact) mass is 279 g/mol. The summed E-state index contributed by atoms with van der Waals surface area (Å²) in [5.74, 6) is 0.381. The van der Waals surface area contributed by atoms with Crippen molar-refractivity contribution in [2.45, 2.75) is 51.6 Å². The number of rotatable bonds is 2. The van der Waals surface area contributed by atoms with Gasteiger partial charge in [-0.3, -0.25) is 4.79 Å². The Kier molecular flexibility index (Phi) is 4.40. The number of nitrogens with one attached hydrogen (secondary N) is 1. The van der Waals surface area contributed by atoms with Crippen molar-refractivity contribution >= 4 is 20.7 Å². The Hall–Kier alpha value is -1.36. The van der Waals surface area contributed by atoms with Crippen molar-refractivity contribution in [1.29, 1.82) is 0 Å². The van der Waals surface area contributed by atoms with E-state index in [-0.39, 0.29) is 16.0 Å². The van der Waals surface area contributed by atoms with Crippen LogP contribution in [0.2, 0.25) is 10.1 Å². The number of pyridine rings is 1. The van der Waals surface area contributed by atoms with Crippen molar-refractivity contribution in [1.82, 2.24) is 9.97 Å². The highest BCUT2D eigenvalue weighted by Crippen LogP contribution is 2.40. The maximum absolute atomic E-state index is 12.3. The van der Waals surface area contributed by atoms with E-state index in [1.165, 1.54) is 6.20 Å². The fourth-order valence-corrected chi connectivity index (χ4v) is 6.38. The molecule has 0 unspecified atom stereocenters. The Labute approximate surface area is 117 Å². The smallest absolute Gasteiger partial charge is 0.244 e. The molecule has 0 saturated carbocycles. The maximum Gasteiger partial charge on any atom is 0.244 e. The third-order valence-electron chi connectivity index (χ3n) is 3.06. The van der Waals surface area contributed by atoms with Gasteiger partial charge in [-0.1, -0.05) is 41.5 Å². The molecule has 106 valence electrons. The predicted molar refractivity (Wildman–Crippen MR) is 82.7 cm³/mol. The van der Waals surface area contributed by atoms with Gasteiger partial charge in [-0.2, -0.15) is 0 Å². The molecule has 1 aromatic heterocycles. The van der Waals surface area contributed by atoms with E-state index in [9.17, 15) is 4.79 Å². The van der Waals surface area contributed by atoms with Gasteiger partial charge in [0.2, 0.25) is 5.91 Å². The van der Waals surface area contributed by atoms with Crippen LogP contribution >= 0.6 is 0 Å². The van der Waals surface area contributed by atoms with Gasteiger partial charge in [-0.15, -0.1) is 0 Å². The average molecular weight is 279 g/mol. The molecule has 0 aromatic carbocycles. The lowest BCUT2D eigenvalue weighted by molar-refractivity contribution is 0.0976. The van der Waals surface area contributed by atoms with Crippen molar-refractivity contribution in [3.05, 3.63) is 23.9 Å². The standard InChI is InChI=1S/C14H25N3OSi/c1-13(2,3)19(14(4,5)6)17-12(18)10-7-8-11(15)16-9-10/h7-9,19H,1-6H3,(H2,15,16)(H,17,18). The van der Waals surface area contributed by atoms with Crippen LogP contribution in [-0.4, -0.2) is 19.8 Å². The van der Waals surface area contributed by atoms with Gasteiger partial charge in [-0.05, 0) is 22.2 Å². The fraction of sp³-hybridized carbons (Fsp3) is 0.571. The zero-order valence-corrected chi connectivity index (χ0v) is 13.9. The summed E-state index contributed by atoms with van der Waals surface area (Å²) < 4.78 is 0. The molecule has 1 rings (SSSR count). The van der Waals surface area contributed by atoms with Crippen LogP contribution in [0.1, 0.15) is 51.9 Å². The van der Waals surface area contributed by atoms with E-state index >= 15 is 0 Å². The van der Waals surface area contributed by atoms with Crippen molar-refractivity contribution in [3.8, 4) is 0 Å². The highest BCUT2D eigenvalue weighted by Gasteiger charge is 2.38. The minimum Gasteiger partial charge on any atom is -0.384 e. The Morgan fingerprint density at radius 1 is 1.16 bits per heavy atom. The normalized spacial score (nSPS) is 12.6. The summed E-state index contributed by atoms with van der Waals surface area (Å²) >= 11 is 0. The summed E-state index contributed by atoms with van der Waals surface area (Å²) in [4.78, 5) is 19.5. The first kappa shape index (κ1) is 15.7. The lowest BCUT2D eigenvalue weighted by Gasteiger charge is -2.39. The van der Waals surface area contributed by atoms with E-state index < -0.39 is 8.96 Å². The lowest BCUT2D eigenvalue weighted by atomic mass is 10.2. The quantitative estimate of drug-likeness (QED) is 0.818. The summed E-state index contributed by atoms with van der Waals surface area (Å²) in [6.45, 7) is 13.1. The minimum atomic E-state index is -1.51. The van der Waals surface area contributed by atoms with E-state index in [0.29, 0.717) is 11.4 Å². The zero-order chi connectivity index (χ0) is 14.8. The molecule has 0 aliphatic carbocycles. The van der Waals surface area contributed by atoms with Crippen LogP contribution in [0.5, 0.6) is 0 Å². The van der Waals surface area contributed by atoms with Crippen LogP contribution in [0.25, 0.3) is 0 Å². The van der Waals surface area contributed by atoms with Crippen LogP contribution in [0, 0.1) is 0 Å². The molecule has 0 spiro atoms. The Bertz CT molecular complexity index is 429. The highest BCUT2D eigenvalue weighted by atomic mass is 28.3. The largest absolute Gasteiger partial charge is 0.384 e. The third-order valence-corrected chi connectivity index (χ3v) is 7.07. The second-order valence-corrected chi connectivity index (χ2v) is 11.7. The molecule has 19 heavy (non-hydrogen) atoms. The molecular weight excluding hydrogens is 254 g/mol. The predicted octanol–water partition coefficient (Wildman–Crippen LogP) is 2.72. The number of nitrogens with two attached hydrogens (primary N) is 1. The molecule has 0 aliphatic heterocycles. The van der Waals surface area contributed by atoms with E-state index in [4.69, 9.17) is 5.73 Å². The molecule has 0 radical (unpaired) electrons. The van der Waals surface area contributed by atoms with Crippen molar-refractivity contribution < 1.29 is 4.79 Å². The van der Waals surface area contributed by atoms with E-state index in [1.54, 1.807) is 12.1 Å². The molecule has 4 nitrogen and oxygen atoms in total.